The average Bonchev–Trinajstić information content (AvgIpc) is 2.66. The minimum Gasteiger partial charge on any atom is -0.545 e. The van der Waals surface area contributed by atoms with E-state index in [0.717, 1.165) is 29.1 Å². The largest absolute Gasteiger partial charge is 0.545 e. The number of hydrogen-bond acceptors (Lipinski definition) is 3. The molecule has 3 heteroatoms. The van der Waals surface area contributed by atoms with E-state index in [1.54, 1.807) is 12.1 Å². The maximum atomic E-state index is 11.4. The van der Waals surface area contributed by atoms with E-state index in [1.807, 2.05) is 36.4 Å². The molecule has 0 heterocycles. The molecular formula is C24H25O3-. The molecule has 3 nitrogen and oxygen atoms in total. The molecule has 2 aromatic rings. The van der Waals surface area contributed by atoms with Gasteiger partial charge in [0.15, 0.2) is 0 Å². The van der Waals surface area contributed by atoms with Gasteiger partial charge in [0, 0.05) is 11.1 Å². The van der Waals surface area contributed by atoms with Crippen molar-refractivity contribution < 1.29 is 14.6 Å². The van der Waals surface area contributed by atoms with Gasteiger partial charge < -0.3 is 14.6 Å². The molecule has 4 aliphatic carbocycles. The lowest BCUT2D eigenvalue weighted by atomic mass is 9.48. The van der Waals surface area contributed by atoms with E-state index in [1.165, 1.54) is 44.1 Å². The fourth-order valence-electron chi connectivity index (χ4n) is 6.38. The van der Waals surface area contributed by atoms with Crippen molar-refractivity contribution >= 4 is 5.97 Å². The number of benzene rings is 2. The van der Waals surface area contributed by atoms with Crippen LogP contribution in [0.4, 0.5) is 0 Å². The summed E-state index contributed by atoms with van der Waals surface area (Å²) in [6.07, 6.45) is 7.84. The van der Waals surface area contributed by atoms with Crippen LogP contribution in [0, 0.1) is 17.8 Å². The van der Waals surface area contributed by atoms with Gasteiger partial charge in [-0.1, -0.05) is 42.5 Å². The summed E-state index contributed by atoms with van der Waals surface area (Å²) in [5.41, 5.74) is 2.69. The molecule has 2 aromatic carbocycles. The van der Waals surface area contributed by atoms with Crippen molar-refractivity contribution in [3.05, 3.63) is 65.2 Å². The van der Waals surface area contributed by atoms with Crippen molar-refractivity contribution in [1.29, 1.82) is 0 Å². The van der Waals surface area contributed by atoms with Gasteiger partial charge >= 0.3 is 0 Å². The molecule has 4 bridgehead atoms. The Hall–Kier alpha value is -2.29. The van der Waals surface area contributed by atoms with Crippen molar-refractivity contribution in [2.24, 2.45) is 17.8 Å². The van der Waals surface area contributed by atoms with Gasteiger partial charge in [0.1, 0.15) is 12.4 Å². The highest BCUT2D eigenvalue weighted by Crippen LogP contribution is 2.61. The first kappa shape index (κ1) is 16.9. The standard InChI is InChI=1S/C24H26O3/c25-23(26)20-6-7-21(22(11-20)27-15-16-4-2-1-3-5-16)24-12-17-8-18(13-24)10-19(9-17)14-24/h1-7,11,17-19H,8-10,12-15H2,(H,25,26)/p-1. The van der Waals surface area contributed by atoms with E-state index in [0.29, 0.717) is 6.61 Å². The zero-order valence-corrected chi connectivity index (χ0v) is 15.5. The third kappa shape index (κ3) is 3.03. The van der Waals surface area contributed by atoms with Crippen molar-refractivity contribution in [3.63, 3.8) is 0 Å². The molecular weight excluding hydrogens is 336 g/mol. The normalized spacial score (nSPS) is 31.0. The lowest BCUT2D eigenvalue weighted by Crippen LogP contribution is -2.48. The Morgan fingerprint density at radius 2 is 1.59 bits per heavy atom. The zero-order valence-electron chi connectivity index (χ0n) is 15.5. The summed E-state index contributed by atoms with van der Waals surface area (Å²) in [5.74, 6) is 2.09. The number of carboxylic acids is 1. The molecule has 0 atom stereocenters. The molecule has 4 saturated carbocycles. The third-order valence-corrected chi connectivity index (χ3v) is 7.06. The quantitative estimate of drug-likeness (QED) is 0.806. The van der Waals surface area contributed by atoms with Crippen molar-refractivity contribution in [2.45, 2.75) is 50.5 Å². The fraction of sp³-hybridized carbons (Fsp3) is 0.458. The maximum absolute atomic E-state index is 11.4. The van der Waals surface area contributed by atoms with Gasteiger partial charge in [-0.25, -0.2) is 0 Å². The highest BCUT2D eigenvalue weighted by Gasteiger charge is 2.52. The second-order valence-electron chi connectivity index (χ2n) is 8.97. The first-order chi connectivity index (χ1) is 13.1. The van der Waals surface area contributed by atoms with Crippen LogP contribution < -0.4 is 9.84 Å². The number of carbonyl (C=O) groups excluding carboxylic acids is 1. The number of aromatic carboxylic acids is 1. The van der Waals surface area contributed by atoms with Gasteiger partial charge in [-0.3, -0.25) is 0 Å². The first-order valence-electron chi connectivity index (χ1n) is 10.1. The summed E-state index contributed by atoms with van der Waals surface area (Å²) in [6.45, 7) is 0.455. The van der Waals surface area contributed by atoms with Gasteiger partial charge in [-0.15, -0.1) is 0 Å². The van der Waals surface area contributed by atoms with E-state index in [9.17, 15) is 9.90 Å². The molecule has 0 N–H and O–H groups in total. The highest BCUT2D eigenvalue weighted by atomic mass is 16.5. The molecule has 0 saturated heterocycles. The maximum Gasteiger partial charge on any atom is 0.124 e. The lowest BCUT2D eigenvalue weighted by molar-refractivity contribution is -0.255. The average molecular weight is 361 g/mol. The Bertz CT molecular complexity index is 820. The van der Waals surface area contributed by atoms with Crippen LogP contribution in [0.25, 0.3) is 0 Å². The topological polar surface area (TPSA) is 49.4 Å². The van der Waals surface area contributed by atoms with Crippen LogP contribution in [0.15, 0.2) is 48.5 Å². The lowest BCUT2D eigenvalue weighted by Gasteiger charge is -2.57. The van der Waals surface area contributed by atoms with Gasteiger partial charge in [0.05, 0.1) is 5.97 Å². The number of rotatable bonds is 5. The van der Waals surface area contributed by atoms with Crippen LogP contribution >= 0.6 is 0 Å². The number of carboxylic acid groups (broad SMARTS) is 1. The van der Waals surface area contributed by atoms with E-state index in [2.05, 4.69) is 0 Å². The van der Waals surface area contributed by atoms with Crippen LogP contribution in [0.1, 0.15) is 60.0 Å². The second kappa shape index (κ2) is 6.40. The molecule has 140 valence electrons. The minimum absolute atomic E-state index is 0.172. The van der Waals surface area contributed by atoms with Gasteiger partial charge in [-0.05, 0) is 73.3 Å². The monoisotopic (exact) mass is 361 g/mol. The molecule has 0 spiro atoms. The highest BCUT2D eigenvalue weighted by molar-refractivity contribution is 5.86. The van der Waals surface area contributed by atoms with Gasteiger partial charge in [0.25, 0.3) is 0 Å². The van der Waals surface area contributed by atoms with Crippen LogP contribution in [-0.2, 0) is 12.0 Å². The van der Waals surface area contributed by atoms with Crippen molar-refractivity contribution in [1.82, 2.24) is 0 Å². The Labute approximate surface area is 160 Å². The Balaban J connectivity index is 1.50. The number of hydrogen-bond donors (Lipinski definition) is 0. The smallest absolute Gasteiger partial charge is 0.124 e. The van der Waals surface area contributed by atoms with Gasteiger partial charge in [0.2, 0.25) is 0 Å². The molecule has 4 fully saturated rings. The Morgan fingerprint density at radius 1 is 0.963 bits per heavy atom. The van der Waals surface area contributed by atoms with E-state index in [4.69, 9.17) is 4.74 Å². The molecule has 4 aliphatic rings. The zero-order chi connectivity index (χ0) is 18.4. The first-order valence-corrected chi connectivity index (χ1v) is 10.1. The Morgan fingerprint density at radius 3 is 2.19 bits per heavy atom. The summed E-state index contributed by atoms with van der Waals surface area (Å²) in [4.78, 5) is 11.4. The number of carbonyl (C=O) groups is 1. The fourth-order valence-corrected chi connectivity index (χ4v) is 6.38. The number of ether oxygens (including phenoxy) is 1. The molecule has 0 amide bonds. The SMILES string of the molecule is O=C([O-])c1ccc(C23CC4CC(CC(C4)C2)C3)c(OCc2ccccc2)c1. The molecule has 0 unspecified atom stereocenters. The molecule has 6 rings (SSSR count). The van der Waals surface area contributed by atoms with Crippen molar-refractivity contribution in [3.8, 4) is 5.75 Å². The third-order valence-electron chi connectivity index (χ3n) is 7.06. The minimum atomic E-state index is -1.14. The second-order valence-corrected chi connectivity index (χ2v) is 8.97. The van der Waals surface area contributed by atoms with E-state index in [-0.39, 0.29) is 11.0 Å². The van der Waals surface area contributed by atoms with E-state index < -0.39 is 5.97 Å². The summed E-state index contributed by atoms with van der Waals surface area (Å²) in [7, 11) is 0. The van der Waals surface area contributed by atoms with Crippen LogP contribution in [0.3, 0.4) is 0 Å². The molecule has 0 aliphatic heterocycles. The van der Waals surface area contributed by atoms with E-state index >= 15 is 0 Å². The predicted octanol–water partition coefficient (Wildman–Crippen LogP) is 4.10. The summed E-state index contributed by atoms with van der Waals surface area (Å²) in [5, 5.41) is 11.4. The molecule has 0 aromatic heterocycles. The summed E-state index contributed by atoms with van der Waals surface area (Å²) in [6, 6.07) is 15.5. The van der Waals surface area contributed by atoms with Crippen LogP contribution in [-0.4, -0.2) is 5.97 Å². The van der Waals surface area contributed by atoms with Crippen molar-refractivity contribution in [2.75, 3.05) is 0 Å². The summed E-state index contributed by atoms with van der Waals surface area (Å²) >= 11 is 0. The Kier molecular flexibility index (Phi) is 3.99. The van der Waals surface area contributed by atoms with Gasteiger partial charge in [-0.2, -0.15) is 0 Å². The molecule has 27 heavy (non-hydrogen) atoms. The molecule has 0 radical (unpaired) electrons. The van der Waals surface area contributed by atoms with Crippen LogP contribution in [0.5, 0.6) is 5.75 Å². The van der Waals surface area contributed by atoms with Crippen LogP contribution in [0.2, 0.25) is 0 Å². The predicted molar refractivity (Wildman–Crippen MR) is 101 cm³/mol. The summed E-state index contributed by atoms with van der Waals surface area (Å²) < 4.78 is 6.21.